The number of carbonyl (C=O) groups is 1. The van der Waals surface area contributed by atoms with E-state index in [1.165, 1.54) is 11.1 Å². The molecule has 0 atom stereocenters. The highest BCUT2D eigenvalue weighted by Crippen LogP contribution is 2.24. The zero-order chi connectivity index (χ0) is 14.8. The third-order valence-corrected chi connectivity index (χ3v) is 4.85. The third-order valence-electron chi connectivity index (χ3n) is 4.85. The Morgan fingerprint density at radius 3 is 2.57 bits per heavy atom. The summed E-state index contributed by atoms with van der Waals surface area (Å²) in [5.41, 5.74) is 2.98. The average molecular weight is 287 g/mol. The topological polar surface area (TPSA) is 26.8 Å². The molecule has 1 aromatic rings. The van der Waals surface area contributed by atoms with Crippen molar-refractivity contribution in [3.05, 3.63) is 35.4 Å². The molecule has 1 aliphatic heterocycles. The number of amides is 1. The van der Waals surface area contributed by atoms with Crippen molar-refractivity contribution in [3.63, 3.8) is 0 Å². The van der Waals surface area contributed by atoms with Crippen LogP contribution in [0.3, 0.4) is 0 Å². The quantitative estimate of drug-likeness (QED) is 0.833. The summed E-state index contributed by atoms with van der Waals surface area (Å²) < 4.78 is 0. The van der Waals surface area contributed by atoms with Crippen LogP contribution in [0.4, 0.5) is 0 Å². The number of rotatable bonds is 4. The Kier molecular flexibility index (Phi) is 4.27. The standard InChI is InChI=1S/C17H25N3O/c1-18-8-7-17(21)20(13-18)10-9-19(2)16-11-14-5-3-4-6-15(14)12-16/h3-6,16H,7-13H2,1-2H3. The van der Waals surface area contributed by atoms with Crippen molar-refractivity contribution >= 4 is 5.91 Å². The molecule has 1 amide bonds. The highest BCUT2D eigenvalue weighted by Gasteiger charge is 2.26. The lowest BCUT2D eigenvalue weighted by atomic mass is 10.1. The van der Waals surface area contributed by atoms with E-state index >= 15 is 0 Å². The van der Waals surface area contributed by atoms with Crippen molar-refractivity contribution in [2.45, 2.75) is 25.3 Å². The largest absolute Gasteiger partial charge is 0.328 e. The molecule has 4 nitrogen and oxygen atoms in total. The molecule has 2 aliphatic rings. The lowest BCUT2D eigenvalue weighted by molar-refractivity contribution is -0.137. The Balaban J connectivity index is 1.51. The van der Waals surface area contributed by atoms with Crippen molar-refractivity contribution < 1.29 is 4.79 Å². The summed E-state index contributed by atoms with van der Waals surface area (Å²) in [7, 11) is 4.27. The van der Waals surface area contributed by atoms with Gasteiger partial charge in [-0.2, -0.15) is 0 Å². The van der Waals surface area contributed by atoms with Gasteiger partial charge in [0, 0.05) is 32.1 Å². The fourth-order valence-corrected chi connectivity index (χ4v) is 3.39. The monoisotopic (exact) mass is 287 g/mol. The molecule has 0 saturated carbocycles. The molecule has 1 aliphatic carbocycles. The zero-order valence-corrected chi connectivity index (χ0v) is 13.1. The molecule has 3 rings (SSSR count). The van der Waals surface area contributed by atoms with Crippen molar-refractivity contribution in [2.75, 3.05) is 40.4 Å². The predicted molar refractivity (Wildman–Crippen MR) is 84.1 cm³/mol. The highest BCUT2D eigenvalue weighted by molar-refractivity contribution is 5.77. The second-order valence-corrected chi connectivity index (χ2v) is 6.44. The van der Waals surface area contributed by atoms with Crippen molar-refractivity contribution in [2.24, 2.45) is 0 Å². The van der Waals surface area contributed by atoms with Gasteiger partial charge in [-0.3, -0.25) is 9.69 Å². The van der Waals surface area contributed by atoms with Gasteiger partial charge in [0.2, 0.25) is 5.91 Å². The minimum absolute atomic E-state index is 0.302. The molecule has 0 radical (unpaired) electrons. The van der Waals surface area contributed by atoms with Crippen LogP contribution in [-0.2, 0) is 17.6 Å². The van der Waals surface area contributed by atoms with Crippen LogP contribution in [0.15, 0.2) is 24.3 Å². The van der Waals surface area contributed by atoms with Crippen LogP contribution < -0.4 is 0 Å². The van der Waals surface area contributed by atoms with Crippen LogP contribution in [0.25, 0.3) is 0 Å². The summed E-state index contributed by atoms with van der Waals surface area (Å²) in [5.74, 6) is 0.302. The van der Waals surface area contributed by atoms with Gasteiger partial charge in [0.05, 0.1) is 6.67 Å². The van der Waals surface area contributed by atoms with Crippen LogP contribution in [0.5, 0.6) is 0 Å². The first-order valence-electron chi connectivity index (χ1n) is 7.87. The summed E-state index contributed by atoms with van der Waals surface area (Å²) in [5, 5.41) is 0. The highest BCUT2D eigenvalue weighted by atomic mass is 16.2. The first kappa shape index (κ1) is 14.5. The number of hydrogen-bond acceptors (Lipinski definition) is 3. The normalized spacial score (nSPS) is 20.3. The minimum Gasteiger partial charge on any atom is -0.328 e. The Bertz CT molecular complexity index is 492. The maximum atomic E-state index is 11.9. The summed E-state index contributed by atoms with van der Waals surface area (Å²) in [4.78, 5) is 18.6. The average Bonchev–Trinajstić information content (AvgIpc) is 2.92. The van der Waals surface area contributed by atoms with E-state index < -0.39 is 0 Å². The number of nitrogens with zero attached hydrogens (tertiary/aromatic N) is 3. The number of fused-ring (bicyclic) bond motifs is 1. The molecule has 1 saturated heterocycles. The number of likely N-dealkylation sites (N-methyl/N-ethyl adjacent to an activating group) is 1. The molecule has 114 valence electrons. The molecule has 0 unspecified atom stereocenters. The summed E-state index contributed by atoms with van der Waals surface area (Å²) >= 11 is 0. The van der Waals surface area contributed by atoms with E-state index in [0.29, 0.717) is 18.4 Å². The van der Waals surface area contributed by atoms with Crippen LogP contribution in [0, 0.1) is 0 Å². The maximum absolute atomic E-state index is 11.9. The first-order valence-corrected chi connectivity index (χ1v) is 7.87. The molecule has 1 aromatic carbocycles. The number of carbonyl (C=O) groups excluding carboxylic acids is 1. The van der Waals surface area contributed by atoms with Crippen LogP contribution in [0.1, 0.15) is 17.5 Å². The summed E-state index contributed by atoms with van der Waals surface area (Å²) in [6, 6.07) is 9.32. The number of benzene rings is 1. The smallest absolute Gasteiger partial charge is 0.224 e. The van der Waals surface area contributed by atoms with Crippen molar-refractivity contribution in [1.82, 2.24) is 14.7 Å². The Labute approximate surface area is 127 Å². The van der Waals surface area contributed by atoms with E-state index in [2.05, 4.69) is 48.2 Å². The Morgan fingerprint density at radius 2 is 1.90 bits per heavy atom. The van der Waals surface area contributed by atoms with Crippen LogP contribution >= 0.6 is 0 Å². The van der Waals surface area contributed by atoms with Gasteiger partial charge in [0.15, 0.2) is 0 Å². The predicted octanol–water partition coefficient (Wildman–Crippen LogP) is 1.21. The molecular formula is C17H25N3O. The maximum Gasteiger partial charge on any atom is 0.224 e. The minimum atomic E-state index is 0.302. The van der Waals surface area contributed by atoms with Gasteiger partial charge in [0.25, 0.3) is 0 Å². The Morgan fingerprint density at radius 1 is 1.24 bits per heavy atom. The third kappa shape index (κ3) is 3.27. The summed E-state index contributed by atoms with van der Waals surface area (Å²) in [6.45, 7) is 3.46. The second kappa shape index (κ2) is 6.16. The van der Waals surface area contributed by atoms with E-state index in [9.17, 15) is 4.79 Å². The molecule has 21 heavy (non-hydrogen) atoms. The van der Waals surface area contributed by atoms with E-state index in [1.807, 2.05) is 4.90 Å². The molecule has 0 spiro atoms. The van der Waals surface area contributed by atoms with Crippen molar-refractivity contribution in [3.8, 4) is 0 Å². The van der Waals surface area contributed by atoms with Gasteiger partial charge in [0.1, 0.15) is 0 Å². The lowest BCUT2D eigenvalue weighted by Gasteiger charge is -2.35. The van der Waals surface area contributed by atoms with E-state index in [0.717, 1.165) is 39.1 Å². The molecular weight excluding hydrogens is 262 g/mol. The van der Waals surface area contributed by atoms with Gasteiger partial charge in [-0.15, -0.1) is 0 Å². The molecule has 1 fully saturated rings. The fourth-order valence-electron chi connectivity index (χ4n) is 3.39. The van der Waals surface area contributed by atoms with Crippen molar-refractivity contribution in [1.29, 1.82) is 0 Å². The van der Waals surface area contributed by atoms with Gasteiger partial charge in [-0.05, 0) is 38.1 Å². The zero-order valence-electron chi connectivity index (χ0n) is 13.1. The fraction of sp³-hybridized carbons (Fsp3) is 0.588. The lowest BCUT2D eigenvalue weighted by Crippen LogP contribution is -2.49. The SMILES string of the molecule is CN1CCC(=O)N(CCN(C)C2Cc3ccccc3C2)C1. The van der Waals surface area contributed by atoms with E-state index in [1.54, 1.807) is 0 Å². The van der Waals surface area contributed by atoms with Gasteiger partial charge < -0.3 is 9.80 Å². The molecule has 4 heteroatoms. The molecule has 0 bridgehead atoms. The Hall–Kier alpha value is -1.39. The molecule has 1 heterocycles. The van der Waals surface area contributed by atoms with Gasteiger partial charge in [-0.1, -0.05) is 24.3 Å². The molecule has 0 N–H and O–H groups in total. The van der Waals surface area contributed by atoms with E-state index in [4.69, 9.17) is 0 Å². The van der Waals surface area contributed by atoms with Crippen LogP contribution in [0.2, 0.25) is 0 Å². The number of hydrogen-bond donors (Lipinski definition) is 0. The second-order valence-electron chi connectivity index (χ2n) is 6.44. The van der Waals surface area contributed by atoms with Gasteiger partial charge >= 0.3 is 0 Å². The first-order chi connectivity index (χ1) is 10.1. The van der Waals surface area contributed by atoms with E-state index in [-0.39, 0.29) is 0 Å². The summed E-state index contributed by atoms with van der Waals surface area (Å²) in [6.07, 6.45) is 2.94. The molecule has 0 aromatic heterocycles. The van der Waals surface area contributed by atoms with Crippen LogP contribution in [-0.4, -0.2) is 67.0 Å². The van der Waals surface area contributed by atoms with Gasteiger partial charge in [-0.25, -0.2) is 0 Å².